The number of nitrogens with one attached hydrogen (secondary N) is 1. The summed E-state index contributed by atoms with van der Waals surface area (Å²) in [4.78, 5) is 25.1. The van der Waals surface area contributed by atoms with Crippen LogP contribution in [0.25, 0.3) is 10.8 Å². The zero-order valence-corrected chi connectivity index (χ0v) is 16.8. The van der Waals surface area contributed by atoms with Gasteiger partial charge in [-0.25, -0.2) is 0 Å². The largest absolute Gasteiger partial charge is 0.455 e. The Morgan fingerprint density at radius 1 is 1.11 bits per heavy atom. The highest BCUT2D eigenvalue weighted by Gasteiger charge is 2.28. The van der Waals surface area contributed by atoms with Gasteiger partial charge in [-0.1, -0.05) is 57.0 Å². The summed E-state index contributed by atoms with van der Waals surface area (Å²) in [6.45, 7) is 4.21. The monoisotopic (exact) mass is 385 g/mol. The molecule has 0 spiro atoms. The molecule has 4 nitrogen and oxygen atoms in total. The van der Waals surface area contributed by atoms with Gasteiger partial charge in [0.1, 0.15) is 0 Å². The third kappa shape index (κ3) is 5.48. The number of benzene rings is 2. The molecule has 27 heavy (non-hydrogen) atoms. The number of amides is 1. The Hall–Kier alpha value is -2.01. The average Bonchev–Trinajstić information content (AvgIpc) is 2.68. The number of thioether (sulfide) groups is 1. The standard InChI is InChI=1S/C22H27NO3S/c1-15-6-5-9-20(16(15)2)23-21(24)13-26-22(25)14-27-19-11-10-17-7-3-4-8-18(17)12-19/h3-4,7-8,10-12,15-16,20H,5-6,9,13-14H2,1-2H3,(H,23,24)/t15-,16+,20+/m0/s1. The molecule has 2 aromatic rings. The minimum absolute atomic E-state index is 0.187. The van der Waals surface area contributed by atoms with Gasteiger partial charge in [-0.2, -0.15) is 0 Å². The number of carbonyl (C=O) groups excluding carboxylic acids is 2. The maximum Gasteiger partial charge on any atom is 0.316 e. The van der Waals surface area contributed by atoms with Crippen LogP contribution in [0, 0.1) is 11.8 Å². The maximum absolute atomic E-state index is 12.1. The molecule has 0 unspecified atom stereocenters. The van der Waals surface area contributed by atoms with Gasteiger partial charge in [-0.15, -0.1) is 11.8 Å². The molecule has 1 amide bonds. The van der Waals surface area contributed by atoms with E-state index in [0.29, 0.717) is 11.8 Å². The van der Waals surface area contributed by atoms with Crippen LogP contribution in [0.15, 0.2) is 47.4 Å². The zero-order chi connectivity index (χ0) is 19.2. The lowest BCUT2D eigenvalue weighted by molar-refractivity contribution is -0.146. The van der Waals surface area contributed by atoms with Crippen LogP contribution in [-0.2, 0) is 14.3 Å². The highest BCUT2D eigenvalue weighted by Crippen LogP contribution is 2.29. The average molecular weight is 386 g/mol. The molecule has 0 heterocycles. The van der Waals surface area contributed by atoms with Crippen LogP contribution in [0.1, 0.15) is 33.1 Å². The molecule has 1 aliphatic rings. The van der Waals surface area contributed by atoms with Crippen molar-refractivity contribution in [2.75, 3.05) is 12.4 Å². The van der Waals surface area contributed by atoms with Gasteiger partial charge >= 0.3 is 5.97 Å². The fourth-order valence-corrected chi connectivity index (χ4v) is 4.36. The second kappa shape index (κ2) is 9.27. The van der Waals surface area contributed by atoms with Gasteiger partial charge in [0.25, 0.3) is 5.91 Å². The Kier molecular flexibility index (Phi) is 6.78. The predicted molar refractivity (Wildman–Crippen MR) is 110 cm³/mol. The highest BCUT2D eigenvalue weighted by atomic mass is 32.2. The summed E-state index contributed by atoms with van der Waals surface area (Å²) in [7, 11) is 0. The molecule has 1 N–H and O–H groups in total. The fourth-order valence-electron chi connectivity index (χ4n) is 3.62. The van der Waals surface area contributed by atoms with Gasteiger partial charge in [-0.3, -0.25) is 9.59 Å². The van der Waals surface area contributed by atoms with Crippen molar-refractivity contribution < 1.29 is 14.3 Å². The Morgan fingerprint density at radius 3 is 2.70 bits per heavy atom. The third-order valence-corrected chi connectivity index (χ3v) is 6.46. The lowest BCUT2D eigenvalue weighted by atomic mass is 9.78. The molecule has 0 radical (unpaired) electrons. The van der Waals surface area contributed by atoms with E-state index in [0.717, 1.165) is 23.1 Å². The van der Waals surface area contributed by atoms with E-state index >= 15 is 0 Å². The van der Waals surface area contributed by atoms with Crippen molar-refractivity contribution in [1.29, 1.82) is 0 Å². The van der Waals surface area contributed by atoms with Crippen LogP contribution < -0.4 is 5.32 Å². The van der Waals surface area contributed by atoms with E-state index in [1.165, 1.54) is 23.6 Å². The number of hydrogen-bond donors (Lipinski definition) is 1. The van der Waals surface area contributed by atoms with Gasteiger partial charge in [0, 0.05) is 10.9 Å². The first-order chi connectivity index (χ1) is 13.0. The lowest BCUT2D eigenvalue weighted by Crippen LogP contribution is -2.45. The van der Waals surface area contributed by atoms with Gasteiger partial charge < -0.3 is 10.1 Å². The first kappa shape index (κ1) is 19.7. The number of fused-ring (bicyclic) bond motifs is 1. The second-order valence-corrected chi connectivity index (χ2v) is 8.45. The van der Waals surface area contributed by atoms with E-state index in [2.05, 4.69) is 37.4 Å². The molecule has 144 valence electrons. The molecule has 0 aliphatic heterocycles. The minimum atomic E-state index is -0.367. The fraction of sp³-hybridized carbons (Fsp3) is 0.455. The Balaban J connectivity index is 1.41. The topological polar surface area (TPSA) is 55.4 Å². The van der Waals surface area contributed by atoms with E-state index < -0.39 is 0 Å². The number of esters is 1. The van der Waals surface area contributed by atoms with Crippen LogP contribution in [0.5, 0.6) is 0 Å². The predicted octanol–water partition coefficient (Wildman–Crippen LogP) is 4.42. The summed E-state index contributed by atoms with van der Waals surface area (Å²) in [5.41, 5.74) is 0. The molecule has 1 saturated carbocycles. The van der Waals surface area contributed by atoms with Crippen molar-refractivity contribution in [3.05, 3.63) is 42.5 Å². The van der Waals surface area contributed by atoms with E-state index in [-0.39, 0.29) is 30.3 Å². The van der Waals surface area contributed by atoms with Crippen molar-refractivity contribution >= 4 is 34.4 Å². The SMILES string of the molecule is C[C@@H]1[C@@H](C)CCC[C@H]1NC(=O)COC(=O)CSc1ccc2ccccc2c1. The Labute approximate surface area is 165 Å². The molecule has 0 saturated heterocycles. The van der Waals surface area contributed by atoms with E-state index in [1.54, 1.807) is 0 Å². The van der Waals surface area contributed by atoms with E-state index in [9.17, 15) is 9.59 Å². The smallest absolute Gasteiger partial charge is 0.316 e. The van der Waals surface area contributed by atoms with Gasteiger partial charge in [0.05, 0.1) is 5.75 Å². The summed E-state index contributed by atoms with van der Waals surface area (Å²) in [5.74, 6) is 0.702. The Morgan fingerprint density at radius 2 is 1.89 bits per heavy atom. The summed E-state index contributed by atoms with van der Waals surface area (Å²) in [6.07, 6.45) is 3.36. The van der Waals surface area contributed by atoms with Crippen LogP contribution in [0.2, 0.25) is 0 Å². The first-order valence-electron chi connectivity index (χ1n) is 9.59. The van der Waals surface area contributed by atoms with Crippen LogP contribution in [-0.4, -0.2) is 30.3 Å². The first-order valence-corrected chi connectivity index (χ1v) is 10.6. The molecule has 5 heteroatoms. The molecular weight excluding hydrogens is 358 g/mol. The van der Waals surface area contributed by atoms with Gasteiger partial charge in [0.2, 0.25) is 0 Å². The third-order valence-electron chi connectivity index (χ3n) is 5.50. The normalized spacial score (nSPS) is 22.4. The maximum atomic E-state index is 12.1. The Bertz CT molecular complexity index is 807. The van der Waals surface area contributed by atoms with Crippen LogP contribution in [0.4, 0.5) is 0 Å². The summed E-state index contributed by atoms with van der Waals surface area (Å²) in [6, 6.07) is 14.4. The van der Waals surface area contributed by atoms with Crippen molar-refractivity contribution in [2.45, 2.75) is 44.0 Å². The molecule has 0 bridgehead atoms. The number of ether oxygens (including phenoxy) is 1. The zero-order valence-electron chi connectivity index (χ0n) is 15.9. The second-order valence-electron chi connectivity index (χ2n) is 7.40. The lowest BCUT2D eigenvalue weighted by Gasteiger charge is -2.34. The van der Waals surface area contributed by atoms with Crippen molar-refractivity contribution in [3.8, 4) is 0 Å². The van der Waals surface area contributed by atoms with Crippen LogP contribution in [0.3, 0.4) is 0 Å². The molecule has 1 aliphatic carbocycles. The molecule has 0 aromatic heterocycles. The summed E-state index contributed by atoms with van der Waals surface area (Å²) < 4.78 is 5.14. The van der Waals surface area contributed by atoms with Crippen molar-refractivity contribution in [3.63, 3.8) is 0 Å². The van der Waals surface area contributed by atoms with Crippen molar-refractivity contribution in [1.82, 2.24) is 5.32 Å². The van der Waals surface area contributed by atoms with Gasteiger partial charge in [-0.05, 0) is 41.2 Å². The quantitative estimate of drug-likeness (QED) is 0.591. The minimum Gasteiger partial charge on any atom is -0.455 e. The molecule has 2 aromatic carbocycles. The number of rotatable bonds is 6. The van der Waals surface area contributed by atoms with Crippen molar-refractivity contribution in [2.24, 2.45) is 11.8 Å². The molecule has 1 fully saturated rings. The molecule has 3 rings (SSSR count). The van der Waals surface area contributed by atoms with Crippen LogP contribution >= 0.6 is 11.8 Å². The molecule has 3 atom stereocenters. The summed E-state index contributed by atoms with van der Waals surface area (Å²) >= 11 is 1.43. The van der Waals surface area contributed by atoms with E-state index in [4.69, 9.17) is 4.74 Å². The molecular formula is C22H27NO3S. The van der Waals surface area contributed by atoms with Gasteiger partial charge in [0.15, 0.2) is 6.61 Å². The van der Waals surface area contributed by atoms with E-state index in [1.807, 2.05) is 24.3 Å². The number of hydrogen-bond acceptors (Lipinski definition) is 4. The highest BCUT2D eigenvalue weighted by molar-refractivity contribution is 8.00. The summed E-state index contributed by atoms with van der Waals surface area (Å²) in [5, 5.41) is 5.34. The number of carbonyl (C=O) groups is 2.